The first kappa shape index (κ1) is 16.2. The zero-order valence-electron chi connectivity index (χ0n) is 12.1. The van der Waals surface area contributed by atoms with E-state index in [1.807, 2.05) is 19.4 Å². The molecule has 0 saturated carbocycles. The Morgan fingerprint density at radius 1 is 1.43 bits per heavy atom. The summed E-state index contributed by atoms with van der Waals surface area (Å²) in [5.41, 5.74) is 3.14. The normalized spacial score (nSPS) is 11.9. The number of aryl methyl sites for hydroxylation is 2. The van der Waals surface area contributed by atoms with Crippen LogP contribution in [0.4, 0.5) is 0 Å². The standard InChI is InChI=1S/C13H20N4O2S2/c1-10-12(8-15-17-10)4-3-5-16-21(18,19)13-6-11(7-14-2)9-20-13/h6,8-9,14,16H,3-5,7H2,1-2H3,(H,15,17). The van der Waals surface area contributed by atoms with E-state index in [1.165, 1.54) is 11.3 Å². The summed E-state index contributed by atoms with van der Waals surface area (Å²) in [5, 5.41) is 11.7. The highest BCUT2D eigenvalue weighted by atomic mass is 32.2. The third-order valence-electron chi connectivity index (χ3n) is 3.12. The fraction of sp³-hybridized carbons (Fsp3) is 0.462. The SMILES string of the molecule is CNCc1csc(S(=O)(=O)NCCCc2cn[nH]c2C)c1. The van der Waals surface area contributed by atoms with Crippen LogP contribution in [0, 0.1) is 6.92 Å². The predicted octanol–water partition coefficient (Wildman–Crippen LogP) is 1.41. The van der Waals surface area contributed by atoms with E-state index in [-0.39, 0.29) is 0 Å². The molecule has 0 aromatic carbocycles. The monoisotopic (exact) mass is 328 g/mol. The Morgan fingerprint density at radius 2 is 2.24 bits per heavy atom. The van der Waals surface area contributed by atoms with Crippen LogP contribution in [0.5, 0.6) is 0 Å². The summed E-state index contributed by atoms with van der Waals surface area (Å²) < 4.78 is 27.3. The van der Waals surface area contributed by atoms with Gasteiger partial charge in [0.2, 0.25) is 10.0 Å². The second-order valence-corrected chi connectivity index (χ2v) is 7.73. The van der Waals surface area contributed by atoms with Crippen molar-refractivity contribution in [1.82, 2.24) is 20.2 Å². The summed E-state index contributed by atoms with van der Waals surface area (Å²) in [5.74, 6) is 0. The summed E-state index contributed by atoms with van der Waals surface area (Å²) in [6, 6.07) is 1.71. The maximum absolute atomic E-state index is 12.1. The van der Waals surface area contributed by atoms with E-state index in [0.717, 1.165) is 29.7 Å². The molecule has 0 radical (unpaired) electrons. The van der Waals surface area contributed by atoms with Crippen molar-refractivity contribution in [3.05, 3.63) is 34.5 Å². The molecule has 6 nitrogen and oxygen atoms in total. The lowest BCUT2D eigenvalue weighted by Gasteiger charge is -2.04. The van der Waals surface area contributed by atoms with Gasteiger partial charge in [-0.1, -0.05) is 0 Å². The number of nitrogens with one attached hydrogen (secondary N) is 3. The first-order chi connectivity index (χ1) is 10.0. The smallest absolute Gasteiger partial charge is 0.250 e. The summed E-state index contributed by atoms with van der Waals surface area (Å²) in [6.45, 7) is 3.06. The quantitative estimate of drug-likeness (QED) is 0.640. The lowest BCUT2D eigenvalue weighted by atomic mass is 10.1. The molecule has 0 aliphatic heterocycles. The van der Waals surface area contributed by atoms with Gasteiger partial charge in [-0.05, 0) is 49.4 Å². The minimum Gasteiger partial charge on any atom is -0.316 e. The molecule has 0 saturated heterocycles. The Hall–Kier alpha value is -1.22. The predicted molar refractivity (Wildman–Crippen MR) is 83.9 cm³/mol. The molecule has 2 aromatic rings. The van der Waals surface area contributed by atoms with Gasteiger partial charge in [-0.2, -0.15) is 5.10 Å². The van der Waals surface area contributed by atoms with Crippen molar-refractivity contribution < 1.29 is 8.42 Å². The lowest BCUT2D eigenvalue weighted by molar-refractivity contribution is 0.581. The minimum absolute atomic E-state index is 0.368. The van der Waals surface area contributed by atoms with Gasteiger partial charge in [-0.3, -0.25) is 5.10 Å². The fourth-order valence-corrected chi connectivity index (χ4v) is 4.30. The Morgan fingerprint density at radius 3 is 2.90 bits per heavy atom. The molecule has 0 fully saturated rings. The second-order valence-electron chi connectivity index (χ2n) is 4.83. The van der Waals surface area contributed by atoms with Gasteiger partial charge in [0.25, 0.3) is 0 Å². The number of sulfonamides is 1. The molecule has 0 spiro atoms. The van der Waals surface area contributed by atoms with E-state index in [2.05, 4.69) is 20.2 Å². The highest BCUT2D eigenvalue weighted by Crippen LogP contribution is 2.20. The third kappa shape index (κ3) is 4.37. The van der Waals surface area contributed by atoms with E-state index in [4.69, 9.17) is 0 Å². The average molecular weight is 328 g/mol. The second kappa shape index (κ2) is 7.17. The van der Waals surface area contributed by atoms with Crippen molar-refractivity contribution in [3.8, 4) is 0 Å². The number of aromatic nitrogens is 2. The average Bonchev–Trinajstić information content (AvgIpc) is 3.05. The van der Waals surface area contributed by atoms with E-state index in [9.17, 15) is 8.42 Å². The van der Waals surface area contributed by atoms with Gasteiger partial charge in [0.05, 0.1) is 6.20 Å². The van der Waals surface area contributed by atoms with Crippen LogP contribution in [0.15, 0.2) is 21.9 Å². The summed E-state index contributed by atoms with van der Waals surface area (Å²) in [4.78, 5) is 0. The molecule has 8 heteroatoms. The number of hydrogen-bond acceptors (Lipinski definition) is 5. The van der Waals surface area contributed by atoms with Crippen LogP contribution in [0.2, 0.25) is 0 Å². The van der Waals surface area contributed by atoms with Gasteiger partial charge in [-0.15, -0.1) is 11.3 Å². The van der Waals surface area contributed by atoms with Crippen molar-refractivity contribution in [2.24, 2.45) is 0 Å². The molecule has 3 N–H and O–H groups in total. The largest absolute Gasteiger partial charge is 0.316 e. The van der Waals surface area contributed by atoms with Gasteiger partial charge in [-0.25, -0.2) is 13.1 Å². The van der Waals surface area contributed by atoms with Crippen molar-refractivity contribution in [3.63, 3.8) is 0 Å². The fourth-order valence-electron chi connectivity index (χ4n) is 1.98. The summed E-state index contributed by atoms with van der Waals surface area (Å²) in [7, 11) is -1.56. The van der Waals surface area contributed by atoms with Gasteiger partial charge in [0.15, 0.2) is 0 Å². The third-order valence-corrected chi connectivity index (χ3v) is 6.07. The molecule has 116 valence electrons. The molecule has 0 unspecified atom stereocenters. The van der Waals surface area contributed by atoms with Crippen molar-refractivity contribution in [2.45, 2.75) is 30.5 Å². The molecule has 0 bridgehead atoms. The van der Waals surface area contributed by atoms with Gasteiger partial charge in [0, 0.05) is 18.8 Å². The van der Waals surface area contributed by atoms with Crippen LogP contribution >= 0.6 is 11.3 Å². The van der Waals surface area contributed by atoms with Crippen LogP contribution in [0.1, 0.15) is 23.2 Å². The lowest BCUT2D eigenvalue weighted by Crippen LogP contribution is -2.24. The van der Waals surface area contributed by atoms with Crippen molar-refractivity contribution in [2.75, 3.05) is 13.6 Å². The van der Waals surface area contributed by atoms with Gasteiger partial charge < -0.3 is 5.32 Å². The molecule has 2 heterocycles. The van der Waals surface area contributed by atoms with Gasteiger partial charge in [0.1, 0.15) is 4.21 Å². The number of nitrogens with zero attached hydrogens (tertiary/aromatic N) is 1. The van der Waals surface area contributed by atoms with Gasteiger partial charge >= 0.3 is 0 Å². The molecule has 21 heavy (non-hydrogen) atoms. The molecule has 2 rings (SSSR count). The molecule has 2 aromatic heterocycles. The highest BCUT2D eigenvalue weighted by molar-refractivity contribution is 7.91. The number of aromatic amines is 1. The van der Waals surface area contributed by atoms with Crippen LogP contribution in [0.3, 0.4) is 0 Å². The van der Waals surface area contributed by atoms with E-state index >= 15 is 0 Å². The van der Waals surface area contributed by atoms with E-state index in [0.29, 0.717) is 17.3 Å². The summed E-state index contributed by atoms with van der Waals surface area (Å²) in [6.07, 6.45) is 3.34. The van der Waals surface area contributed by atoms with E-state index in [1.54, 1.807) is 12.3 Å². The molecule has 0 aliphatic rings. The van der Waals surface area contributed by atoms with Crippen molar-refractivity contribution >= 4 is 21.4 Å². The zero-order valence-corrected chi connectivity index (χ0v) is 13.8. The Labute approximate surface area is 129 Å². The first-order valence-electron chi connectivity index (χ1n) is 6.73. The number of thiophene rings is 1. The minimum atomic E-state index is -3.39. The Balaban J connectivity index is 1.84. The number of hydrogen-bond donors (Lipinski definition) is 3. The molecular formula is C13H20N4O2S2. The Kier molecular flexibility index (Phi) is 5.51. The zero-order chi connectivity index (χ0) is 15.3. The molecule has 0 aliphatic carbocycles. The topological polar surface area (TPSA) is 86.9 Å². The number of H-pyrrole nitrogens is 1. The molecule has 0 amide bonds. The van der Waals surface area contributed by atoms with Crippen LogP contribution in [-0.4, -0.2) is 32.2 Å². The Bertz CT molecular complexity index is 676. The number of rotatable bonds is 8. The maximum atomic E-state index is 12.1. The van der Waals surface area contributed by atoms with Crippen molar-refractivity contribution in [1.29, 1.82) is 0 Å². The van der Waals surface area contributed by atoms with Crippen LogP contribution in [0.25, 0.3) is 0 Å². The first-order valence-corrected chi connectivity index (χ1v) is 9.09. The molecule has 0 atom stereocenters. The van der Waals surface area contributed by atoms with Crippen LogP contribution in [-0.2, 0) is 23.0 Å². The highest BCUT2D eigenvalue weighted by Gasteiger charge is 2.16. The van der Waals surface area contributed by atoms with Crippen LogP contribution < -0.4 is 10.0 Å². The van der Waals surface area contributed by atoms with E-state index < -0.39 is 10.0 Å². The summed E-state index contributed by atoms with van der Waals surface area (Å²) >= 11 is 1.25. The maximum Gasteiger partial charge on any atom is 0.250 e. The molecular weight excluding hydrogens is 308 g/mol.